The van der Waals surface area contributed by atoms with Crippen LogP contribution in [0.2, 0.25) is 0 Å². The molecule has 4 heteroatoms. The minimum Gasteiger partial charge on any atom is -0.481 e. The molecule has 0 aliphatic carbocycles. The molecule has 0 rings (SSSR count). The molecule has 0 amide bonds. The van der Waals surface area contributed by atoms with E-state index in [2.05, 4.69) is 11.8 Å². The fourth-order valence-corrected chi connectivity index (χ4v) is 0.625. The van der Waals surface area contributed by atoms with Gasteiger partial charge in [0, 0.05) is 12.8 Å². The van der Waals surface area contributed by atoms with Crippen LogP contribution in [0, 0.1) is 23.7 Å². The maximum atomic E-state index is 10.4. The SMILES string of the molecule is CC(CC#CCC(C)C(=O)O)C(=O)O. The summed E-state index contributed by atoms with van der Waals surface area (Å²) in [6, 6.07) is 0. The Morgan fingerprint density at radius 1 is 1.00 bits per heavy atom. The average Bonchev–Trinajstić information content (AvgIpc) is 2.11. The maximum absolute atomic E-state index is 10.4. The second-order valence-electron chi connectivity index (χ2n) is 3.24. The minimum absolute atomic E-state index is 0.266. The predicted octanol–water partition coefficient (Wildman–Crippen LogP) is 1.21. The van der Waals surface area contributed by atoms with Gasteiger partial charge in [0.25, 0.3) is 0 Å². The van der Waals surface area contributed by atoms with Crippen molar-refractivity contribution in [3.8, 4) is 11.8 Å². The Balaban J connectivity index is 3.85. The largest absolute Gasteiger partial charge is 0.481 e. The summed E-state index contributed by atoms with van der Waals surface area (Å²) in [5.74, 6) is 2.55. The van der Waals surface area contributed by atoms with E-state index in [1.807, 2.05) is 0 Å². The fraction of sp³-hybridized carbons (Fsp3) is 0.600. The molecule has 0 aliphatic rings. The van der Waals surface area contributed by atoms with Crippen LogP contribution in [0.1, 0.15) is 26.7 Å². The van der Waals surface area contributed by atoms with Gasteiger partial charge in [0.2, 0.25) is 0 Å². The number of rotatable bonds is 4. The average molecular weight is 198 g/mol. The van der Waals surface area contributed by atoms with E-state index in [0.717, 1.165) is 0 Å². The van der Waals surface area contributed by atoms with E-state index in [0.29, 0.717) is 0 Å². The zero-order chi connectivity index (χ0) is 11.1. The highest BCUT2D eigenvalue weighted by molar-refractivity contribution is 5.70. The van der Waals surface area contributed by atoms with Crippen molar-refractivity contribution < 1.29 is 19.8 Å². The molecule has 0 aromatic carbocycles. The topological polar surface area (TPSA) is 74.6 Å². The lowest BCUT2D eigenvalue weighted by atomic mass is 10.1. The van der Waals surface area contributed by atoms with Crippen LogP contribution in [0.4, 0.5) is 0 Å². The first-order valence-corrected chi connectivity index (χ1v) is 4.36. The Hall–Kier alpha value is -1.50. The molecule has 0 fully saturated rings. The monoisotopic (exact) mass is 198 g/mol. The lowest BCUT2D eigenvalue weighted by Crippen LogP contribution is -2.09. The van der Waals surface area contributed by atoms with Gasteiger partial charge in [-0.15, -0.1) is 11.8 Å². The first kappa shape index (κ1) is 12.5. The quantitative estimate of drug-likeness (QED) is 0.666. The number of carbonyl (C=O) groups is 2. The molecule has 0 bridgehead atoms. The minimum atomic E-state index is -0.884. The van der Waals surface area contributed by atoms with Gasteiger partial charge in [-0.2, -0.15) is 0 Å². The summed E-state index contributed by atoms with van der Waals surface area (Å²) in [7, 11) is 0. The van der Waals surface area contributed by atoms with Crippen LogP contribution in [0.3, 0.4) is 0 Å². The van der Waals surface area contributed by atoms with Gasteiger partial charge in [-0.05, 0) is 0 Å². The van der Waals surface area contributed by atoms with E-state index < -0.39 is 23.8 Å². The highest BCUT2D eigenvalue weighted by Gasteiger charge is 2.09. The molecule has 0 radical (unpaired) electrons. The third kappa shape index (κ3) is 5.20. The second-order valence-corrected chi connectivity index (χ2v) is 3.24. The maximum Gasteiger partial charge on any atom is 0.307 e. The number of carboxylic acids is 2. The first-order chi connectivity index (χ1) is 6.45. The van der Waals surface area contributed by atoms with Crippen LogP contribution >= 0.6 is 0 Å². The van der Waals surface area contributed by atoms with E-state index in [1.54, 1.807) is 13.8 Å². The molecule has 0 saturated heterocycles. The molecule has 4 nitrogen and oxygen atoms in total. The van der Waals surface area contributed by atoms with Gasteiger partial charge in [-0.1, -0.05) is 13.8 Å². The highest BCUT2D eigenvalue weighted by Crippen LogP contribution is 2.02. The molecule has 0 heterocycles. The molecular formula is C10H14O4. The van der Waals surface area contributed by atoms with Crippen LogP contribution in [0.25, 0.3) is 0 Å². The van der Waals surface area contributed by atoms with Crippen molar-refractivity contribution in [2.75, 3.05) is 0 Å². The summed E-state index contributed by atoms with van der Waals surface area (Å²) in [6.45, 7) is 3.13. The van der Waals surface area contributed by atoms with Gasteiger partial charge >= 0.3 is 11.9 Å². The zero-order valence-corrected chi connectivity index (χ0v) is 8.28. The predicted molar refractivity (Wildman–Crippen MR) is 50.6 cm³/mol. The lowest BCUT2D eigenvalue weighted by Gasteiger charge is -1.99. The highest BCUT2D eigenvalue weighted by atomic mass is 16.4. The Labute approximate surface area is 82.9 Å². The Kier molecular flexibility index (Phi) is 5.38. The standard InChI is InChI=1S/C10H14O4/c1-7(9(11)12)5-3-4-6-8(2)10(13)14/h7-8H,5-6H2,1-2H3,(H,11,12)(H,13,14). The third-order valence-electron chi connectivity index (χ3n) is 1.78. The first-order valence-electron chi connectivity index (χ1n) is 4.36. The van der Waals surface area contributed by atoms with Crippen molar-refractivity contribution >= 4 is 11.9 Å². The lowest BCUT2D eigenvalue weighted by molar-refractivity contribution is -0.141. The molecule has 2 unspecified atom stereocenters. The van der Waals surface area contributed by atoms with Crippen LogP contribution in [-0.4, -0.2) is 22.2 Å². The number of hydrogen-bond donors (Lipinski definition) is 2. The molecule has 0 aliphatic heterocycles. The van der Waals surface area contributed by atoms with Crippen LogP contribution in [0.5, 0.6) is 0 Å². The normalized spacial score (nSPS) is 13.6. The smallest absolute Gasteiger partial charge is 0.307 e. The summed E-state index contributed by atoms with van der Waals surface area (Å²) in [6.07, 6.45) is 0.531. The Morgan fingerprint density at radius 2 is 1.29 bits per heavy atom. The van der Waals surface area contributed by atoms with Crippen molar-refractivity contribution in [3.63, 3.8) is 0 Å². The van der Waals surface area contributed by atoms with E-state index >= 15 is 0 Å². The molecule has 0 saturated carbocycles. The summed E-state index contributed by atoms with van der Waals surface area (Å²) >= 11 is 0. The van der Waals surface area contributed by atoms with Crippen LogP contribution in [-0.2, 0) is 9.59 Å². The van der Waals surface area contributed by atoms with Crippen molar-refractivity contribution in [3.05, 3.63) is 0 Å². The second kappa shape index (κ2) is 6.03. The molecule has 0 spiro atoms. The summed E-state index contributed by atoms with van der Waals surface area (Å²) in [4.78, 5) is 20.7. The Morgan fingerprint density at radius 3 is 1.50 bits per heavy atom. The summed E-state index contributed by atoms with van der Waals surface area (Å²) in [5.41, 5.74) is 0. The molecular weight excluding hydrogens is 184 g/mol. The van der Waals surface area contributed by atoms with Crippen molar-refractivity contribution in [2.45, 2.75) is 26.7 Å². The van der Waals surface area contributed by atoms with Crippen molar-refractivity contribution in [1.29, 1.82) is 0 Å². The molecule has 2 atom stereocenters. The van der Waals surface area contributed by atoms with Crippen LogP contribution < -0.4 is 0 Å². The van der Waals surface area contributed by atoms with E-state index in [-0.39, 0.29) is 12.8 Å². The molecule has 2 N–H and O–H groups in total. The summed E-state index contributed by atoms with van der Waals surface area (Å²) in [5, 5.41) is 17.0. The van der Waals surface area contributed by atoms with Crippen LogP contribution in [0.15, 0.2) is 0 Å². The zero-order valence-electron chi connectivity index (χ0n) is 8.28. The summed E-state index contributed by atoms with van der Waals surface area (Å²) < 4.78 is 0. The van der Waals surface area contributed by atoms with Crippen molar-refractivity contribution in [1.82, 2.24) is 0 Å². The van der Waals surface area contributed by atoms with Crippen molar-refractivity contribution in [2.24, 2.45) is 11.8 Å². The third-order valence-corrected chi connectivity index (χ3v) is 1.78. The van der Waals surface area contributed by atoms with Gasteiger partial charge in [0.05, 0.1) is 11.8 Å². The van der Waals surface area contributed by atoms with Gasteiger partial charge < -0.3 is 10.2 Å². The number of hydrogen-bond acceptors (Lipinski definition) is 2. The van der Waals surface area contributed by atoms with E-state index in [4.69, 9.17) is 10.2 Å². The Bertz CT molecular complexity index is 246. The number of aliphatic carboxylic acids is 2. The van der Waals surface area contributed by atoms with Gasteiger partial charge in [-0.3, -0.25) is 9.59 Å². The molecule has 0 aromatic rings. The van der Waals surface area contributed by atoms with Gasteiger partial charge in [0.15, 0.2) is 0 Å². The molecule has 0 aromatic heterocycles. The molecule has 78 valence electrons. The van der Waals surface area contributed by atoms with Gasteiger partial charge in [-0.25, -0.2) is 0 Å². The van der Waals surface area contributed by atoms with Gasteiger partial charge in [0.1, 0.15) is 0 Å². The van der Waals surface area contributed by atoms with E-state index in [9.17, 15) is 9.59 Å². The fourth-order valence-electron chi connectivity index (χ4n) is 0.625. The molecule has 14 heavy (non-hydrogen) atoms. The van der Waals surface area contributed by atoms with E-state index in [1.165, 1.54) is 0 Å². The number of carboxylic acid groups (broad SMARTS) is 2.